The standard InChI is InChI=1S/C12H14F2N2O/c13-10-2-1-3-11(14)9(10)6-12(17)16-5-4-8(15)7-16/h1-3,8H,4-7,15H2/t8-/m1/s1. The molecule has 1 heterocycles. The van der Waals surface area contributed by atoms with E-state index in [1.54, 1.807) is 4.90 Å². The highest BCUT2D eigenvalue weighted by molar-refractivity contribution is 5.79. The molecule has 5 heteroatoms. The average molecular weight is 240 g/mol. The van der Waals surface area contributed by atoms with Crippen LogP contribution in [0.25, 0.3) is 0 Å². The van der Waals surface area contributed by atoms with Crippen LogP contribution in [-0.4, -0.2) is 29.9 Å². The van der Waals surface area contributed by atoms with Gasteiger partial charge in [-0.05, 0) is 18.6 Å². The van der Waals surface area contributed by atoms with Gasteiger partial charge in [0.05, 0.1) is 6.42 Å². The minimum Gasteiger partial charge on any atom is -0.341 e. The summed E-state index contributed by atoms with van der Waals surface area (Å²) in [6.45, 7) is 1.03. The molecular formula is C12H14F2N2O. The average Bonchev–Trinajstić information content (AvgIpc) is 2.70. The van der Waals surface area contributed by atoms with Crippen molar-refractivity contribution >= 4 is 5.91 Å². The van der Waals surface area contributed by atoms with Gasteiger partial charge in [-0.2, -0.15) is 0 Å². The van der Waals surface area contributed by atoms with Crippen molar-refractivity contribution < 1.29 is 13.6 Å². The molecule has 1 aliphatic rings. The van der Waals surface area contributed by atoms with E-state index in [1.807, 2.05) is 0 Å². The van der Waals surface area contributed by atoms with Crippen LogP contribution in [0.15, 0.2) is 18.2 Å². The molecule has 0 aromatic heterocycles. The molecule has 0 saturated carbocycles. The zero-order valence-corrected chi connectivity index (χ0v) is 9.33. The molecule has 0 radical (unpaired) electrons. The number of amides is 1. The topological polar surface area (TPSA) is 46.3 Å². The molecule has 0 unspecified atom stereocenters. The van der Waals surface area contributed by atoms with Gasteiger partial charge in [0, 0.05) is 24.7 Å². The molecule has 1 fully saturated rings. The first-order valence-electron chi connectivity index (χ1n) is 5.54. The van der Waals surface area contributed by atoms with Crippen molar-refractivity contribution in [1.82, 2.24) is 4.90 Å². The Kier molecular flexibility index (Phi) is 3.38. The first kappa shape index (κ1) is 12.0. The van der Waals surface area contributed by atoms with Crippen molar-refractivity contribution in [1.29, 1.82) is 0 Å². The molecule has 0 bridgehead atoms. The lowest BCUT2D eigenvalue weighted by Gasteiger charge is -2.16. The normalized spacial score (nSPS) is 19.7. The second kappa shape index (κ2) is 4.79. The molecule has 3 nitrogen and oxygen atoms in total. The molecule has 1 saturated heterocycles. The molecule has 0 spiro atoms. The Balaban J connectivity index is 2.08. The van der Waals surface area contributed by atoms with Crippen LogP contribution in [0.1, 0.15) is 12.0 Å². The molecule has 1 atom stereocenters. The summed E-state index contributed by atoms with van der Waals surface area (Å²) in [6, 6.07) is 3.57. The first-order chi connectivity index (χ1) is 8.08. The number of nitrogens with zero attached hydrogens (tertiary/aromatic N) is 1. The second-order valence-corrected chi connectivity index (χ2v) is 4.27. The Morgan fingerprint density at radius 2 is 2.06 bits per heavy atom. The van der Waals surface area contributed by atoms with Crippen molar-refractivity contribution in [2.75, 3.05) is 13.1 Å². The van der Waals surface area contributed by atoms with Crippen molar-refractivity contribution in [2.45, 2.75) is 18.9 Å². The van der Waals surface area contributed by atoms with Gasteiger partial charge < -0.3 is 10.6 Å². The highest BCUT2D eigenvalue weighted by atomic mass is 19.1. The third kappa shape index (κ3) is 2.61. The number of carbonyl (C=O) groups excluding carboxylic acids is 1. The van der Waals surface area contributed by atoms with Crippen molar-refractivity contribution in [3.05, 3.63) is 35.4 Å². The molecule has 1 amide bonds. The van der Waals surface area contributed by atoms with E-state index in [-0.39, 0.29) is 23.9 Å². The summed E-state index contributed by atoms with van der Waals surface area (Å²) in [4.78, 5) is 13.4. The van der Waals surface area contributed by atoms with Crippen LogP contribution in [0.3, 0.4) is 0 Å². The summed E-state index contributed by atoms with van der Waals surface area (Å²) in [5.41, 5.74) is 5.51. The Hall–Kier alpha value is -1.49. The van der Waals surface area contributed by atoms with E-state index in [1.165, 1.54) is 6.07 Å². The van der Waals surface area contributed by atoms with Crippen LogP contribution in [0.2, 0.25) is 0 Å². The SMILES string of the molecule is N[C@@H]1CCN(C(=O)Cc2c(F)cccc2F)C1. The van der Waals surface area contributed by atoms with E-state index < -0.39 is 11.6 Å². The van der Waals surface area contributed by atoms with E-state index in [0.717, 1.165) is 18.6 Å². The molecule has 2 rings (SSSR count). The molecule has 1 aliphatic heterocycles. The van der Waals surface area contributed by atoms with Gasteiger partial charge in [0.15, 0.2) is 0 Å². The maximum atomic E-state index is 13.3. The zero-order chi connectivity index (χ0) is 12.4. The van der Waals surface area contributed by atoms with E-state index in [9.17, 15) is 13.6 Å². The third-order valence-corrected chi connectivity index (χ3v) is 2.97. The molecule has 0 aliphatic carbocycles. The summed E-state index contributed by atoms with van der Waals surface area (Å²) in [5.74, 6) is -1.63. The Morgan fingerprint density at radius 1 is 1.41 bits per heavy atom. The van der Waals surface area contributed by atoms with Crippen molar-refractivity contribution in [3.63, 3.8) is 0 Å². The van der Waals surface area contributed by atoms with Gasteiger partial charge >= 0.3 is 0 Å². The predicted octanol–water partition coefficient (Wildman–Crippen LogP) is 1.07. The number of likely N-dealkylation sites (tertiary alicyclic amines) is 1. The maximum Gasteiger partial charge on any atom is 0.227 e. The molecule has 1 aromatic rings. The fourth-order valence-electron chi connectivity index (χ4n) is 1.98. The lowest BCUT2D eigenvalue weighted by atomic mass is 10.1. The number of carbonyl (C=O) groups is 1. The smallest absolute Gasteiger partial charge is 0.227 e. The van der Waals surface area contributed by atoms with Crippen LogP contribution in [-0.2, 0) is 11.2 Å². The number of rotatable bonds is 2. The van der Waals surface area contributed by atoms with E-state index in [4.69, 9.17) is 5.73 Å². The van der Waals surface area contributed by atoms with Crippen molar-refractivity contribution in [3.8, 4) is 0 Å². The highest BCUT2D eigenvalue weighted by Gasteiger charge is 2.25. The molecule has 17 heavy (non-hydrogen) atoms. The van der Waals surface area contributed by atoms with Gasteiger partial charge in [0.25, 0.3) is 0 Å². The lowest BCUT2D eigenvalue weighted by Crippen LogP contribution is -2.33. The van der Waals surface area contributed by atoms with E-state index in [0.29, 0.717) is 13.1 Å². The molecule has 92 valence electrons. The minimum atomic E-state index is -0.679. The fraction of sp³-hybridized carbons (Fsp3) is 0.417. The van der Waals surface area contributed by atoms with Crippen molar-refractivity contribution in [2.24, 2.45) is 5.73 Å². The van der Waals surface area contributed by atoms with Gasteiger partial charge in [0.2, 0.25) is 5.91 Å². The Bertz CT molecular complexity index is 416. The molecule has 2 N–H and O–H groups in total. The van der Waals surface area contributed by atoms with Gasteiger partial charge in [-0.25, -0.2) is 8.78 Å². The Labute approximate surface area is 98.2 Å². The van der Waals surface area contributed by atoms with Crippen LogP contribution >= 0.6 is 0 Å². The van der Waals surface area contributed by atoms with Gasteiger partial charge in [-0.15, -0.1) is 0 Å². The number of hydrogen-bond donors (Lipinski definition) is 1. The van der Waals surface area contributed by atoms with E-state index in [2.05, 4.69) is 0 Å². The largest absolute Gasteiger partial charge is 0.341 e. The highest BCUT2D eigenvalue weighted by Crippen LogP contribution is 2.15. The predicted molar refractivity (Wildman–Crippen MR) is 59.2 cm³/mol. The number of nitrogens with two attached hydrogens (primary N) is 1. The first-order valence-corrected chi connectivity index (χ1v) is 5.54. The summed E-state index contributed by atoms with van der Waals surface area (Å²) in [6.07, 6.45) is 0.497. The number of halogens is 2. The van der Waals surface area contributed by atoms with Crippen LogP contribution in [0.4, 0.5) is 8.78 Å². The van der Waals surface area contributed by atoms with E-state index >= 15 is 0 Å². The monoisotopic (exact) mass is 240 g/mol. The number of benzene rings is 1. The zero-order valence-electron chi connectivity index (χ0n) is 9.33. The Morgan fingerprint density at radius 3 is 2.59 bits per heavy atom. The minimum absolute atomic E-state index is 0.0237. The molecular weight excluding hydrogens is 226 g/mol. The summed E-state index contributed by atoms with van der Waals surface area (Å²) < 4.78 is 26.7. The second-order valence-electron chi connectivity index (χ2n) is 4.27. The third-order valence-electron chi connectivity index (χ3n) is 2.97. The lowest BCUT2D eigenvalue weighted by molar-refractivity contribution is -0.129. The van der Waals surface area contributed by atoms with Gasteiger partial charge in [-0.1, -0.05) is 6.07 Å². The van der Waals surface area contributed by atoms with Gasteiger partial charge in [-0.3, -0.25) is 4.79 Å². The maximum absolute atomic E-state index is 13.3. The van der Waals surface area contributed by atoms with Crippen LogP contribution in [0.5, 0.6) is 0 Å². The summed E-state index contributed by atoms with van der Waals surface area (Å²) in [5, 5.41) is 0. The van der Waals surface area contributed by atoms with Crippen LogP contribution < -0.4 is 5.73 Å². The quantitative estimate of drug-likeness (QED) is 0.840. The van der Waals surface area contributed by atoms with Gasteiger partial charge in [0.1, 0.15) is 11.6 Å². The summed E-state index contributed by atoms with van der Waals surface area (Å²) >= 11 is 0. The summed E-state index contributed by atoms with van der Waals surface area (Å²) in [7, 11) is 0. The fourth-order valence-corrected chi connectivity index (χ4v) is 1.98. The molecule has 1 aromatic carbocycles. The number of hydrogen-bond acceptors (Lipinski definition) is 2. The van der Waals surface area contributed by atoms with Crippen LogP contribution in [0, 0.1) is 11.6 Å².